The van der Waals surface area contributed by atoms with Crippen molar-refractivity contribution in [1.29, 1.82) is 0 Å². The van der Waals surface area contributed by atoms with Crippen molar-refractivity contribution >= 4 is 6.71 Å². The van der Waals surface area contributed by atoms with Crippen LogP contribution >= 0.6 is 0 Å². The highest BCUT2D eigenvalue weighted by Crippen LogP contribution is 2.23. The highest BCUT2D eigenvalue weighted by atomic mass is 14.1. The van der Waals surface area contributed by atoms with Gasteiger partial charge in [0.25, 0.3) is 0 Å². The molecule has 1 heteroatoms. The van der Waals surface area contributed by atoms with Gasteiger partial charge in [-0.05, 0) is 11.8 Å². The van der Waals surface area contributed by atoms with Gasteiger partial charge in [-0.1, -0.05) is 60.0 Å². The van der Waals surface area contributed by atoms with Crippen LogP contribution in [0.1, 0.15) is 40.0 Å². The molecule has 0 nitrogen and oxygen atoms in total. The predicted molar refractivity (Wildman–Crippen MR) is 60.1 cm³/mol. The number of hydrogen-bond acceptors (Lipinski definition) is 0. The minimum absolute atomic E-state index is 0.878. The molecule has 0 aromatic carbocycles. The fourth-order valence-electron chi connectivity index (χ4n) is 1.73. The summed E-state index contributed by atoms with van der Waals surface area (Å²) >= 11 is 0. The lowest BCUT2D eigenvalue weighted by atomic mass is 9.50. The highest BCUT2D eigenvalue weighted by molar-refractivity contribution is 6.55. The first kappa shape index (κ1) is 12.1. The van der Waals surface area contributed by atoms with E-state index in [4.69, 9.17) is 0 Å². The van der Waals surface area contributed by atoms with Crippen LogP contribution in [0, 0.1) is 11.8 Å². The van der Waals surface area contributed by atoms with Gasteiger partial charge in [0.2, 0.25) is 0 Å². The zero-order chi connectivity index (χ0) is 9.56. The summed E-state index contributed by atoms with van der Waals surface area (Å²) in [7, 11) is 0. The molecule has 0 rings (SSSR count). The Labute approximate surface area is 79.2 Å². The monoisotopic (exact) mass is 168 g/mol. The molecule has 0 aliphatic rings. The van der Waals surface area contributed by atoms with Crippen LogP contribution in [-0.2, 0) is 0 Å². The number of hydrogen-bond donors (Lipinski definition) is 0. The molecule has 1 atom stereocenters. The molecule has 0 saturated heterocycles. The lowest BCUT2D eigenvalue weighted by molar-refractivity contribution is 0.345. The van der Waals surface area contributed by atoms with E-state index in [2.05, 4.69) is 34.4 Å². The minimum Gasteiger partial charge on any atom is -0.0863 e. The molecule has 0 saturated carbocycles. The van der Waals surface area contributed by atoms with Crippen molar-refractivity contribution in [3.8, 4) is 0 Å². The predicted octanol–water partition coefficient (Wildman–Crippen LogP) is 4.20. The van der Waals surface area contributed by atoms with Gasteiger partial charge in [-0.2, -0.15) is 0 Å². The molecule has 0 aliphatic carbocycles. The fraction of sp³-hybridized carbons (Fsp3) is 1.00. The van der Waals surface area contributed by atoms with Gasteiger partial charge in [0.15, 0.2) is 0 Å². The molecule has 0 N–H and O–H groups in total. The maximum Gasteiger partial charge on any atom is 0.133 e. The summed E-state index contributed by atoms with van der Waals surface area (Å²) in [6.07, 6.45) is 5.61. The van der Waals surface area contributed by atoms with E-state index in [0.29, 0.717) is 0 Å². The molecule has 0 aliphatic heterocycles. The first-order valence-electron chi connectivity index (χ1n) is 5.57. The van der Waals surface area contributed by atoms with E-state index in [1.165, 1.54) is 25.6 Å². The van der Waals surface area contributed by atoms with Gasteiger partial charge in [0.05, 0.1) is 0 Å². The Morgan fingerprint density at radius 1 is 1.08 bits per heavy atom. The summed E-state index contributed by atoms with van der Waals surface area (Å²) in [6, 6.07) is 0. The van der Waals surface area contributed by atoms with Crippen molar-refractivity contribution < 1.29 is 0 Å². The lowest BCUT2D eigenvalue weighted by Gasteiger charge is -2.20. The van der Waals surface area contributed by atoms with E-state index in [1.54, 1.807) is 0 Å². The van der Waals surface area contributed by atoms with Crippen LogP contribution in [0.2, 0.25) is 20.0 Å². The number of rotatable bonds is 6. The van der Waals surface area contributed by atoms with Gasteiger partial charge >= 0.3 is 0 Å². The van der Waals surface area contributed by atoms with Crippen LogP contribution in [0.4, 0.5) is 0 Å². The Kier molecular flexibility index (Phi) is 6.60. The standard InChI is InChI=1S/C11H25B/c1-6-7-11(10(2)3)8-9-12(4)5/h10-11H,6-9H2,1-5H3. The van der Waals surface area contributed by atoms with Gasteiger partial charge in [-0.15, -0.1) is 0 Å². The van der Waals surface area contributed by atoms with Crippen LogP contribution < -0.4 is 0 Å². The maximum absolute atomic E-state index is 2.36. The van der Waals surface area contributed by atoms with Crippen LogP contribution in [0.3, 0.4) is 0 Å². The summed E-state index contributed by atoms with van der Waals surface area (Å²) < 4.78 is 0. The minimum atomic E-state index is 0.878. The Balaban J connectivity index is 3.63. The van der Waals surface area contributed by atoms with Gasteiger partial charge in [-0.25, -0.2) is 0 Å². The Bertz CT molecular complexity index is 97.2. The van der Waals surface area contributed by atoms with Gasteiger partial charge in [0, 0.05) is 0 Å². The molecule has 0 aromatic rings. The van der Waals surface area contributed by atoms with E-state index in [-0.39, 0.29) is 0 Å². The van der Waals surface area contributed by atoms with Crippen LogP contribution in [0.15, 0.2) is 0 Å². The van der Waals surface area contributed by atoms with Crippen LogP contribution in [-0.4, -0.2) is 6.71 Å². The Hall–Kier alpha value is 0.0649. The fourth-order valence-corrected chi connectivity index (χ4v) is 1.73. The molecule has 0 aromatic heterocycles. The van der Waals surface area contributed by atoms with E-state index in [0.717, 1.165) is 18.5 Å². The maximum atomic E-state index is 2.36. The molecule has 0 bridgehead atoms. The van der Waals surface area contributed by atoms with Crippen LogP contribution in [0.25, 0.3) is 0 Å². The van der Waals surface area contributed by atoms with Gasteiger partial charge in [0.1, 0.15) is 6.71 Å². The lowest BCUT2D eigenvalue weighted by Crippen LogP contribution is -2.11. The summed E-state index contributed by atoms with van der Waals surface area (Å²) in [5.41, 5.74) is 0. The molecular weight excluding hydrogens is 143 g/mol. The largest absolute Gasteiger partial charge is 0.133 e. The smallest absolute Gasteiger partial charge is 0.0863 e. The molecule has 72 valence electrons. The molecule has 0 radical (unpaired) electrons. The molecule has 12 heavy (non-hydrogen) atoms. The second-order valence-corrected chi connectivity index (χ2v) is 4.76. The van der Waals surface area contributed by atoms with Crippen molar-refractivity contribution in [1.82, 2.24) is 0 Å². The average Bonchev–Trinajstić information content (AvgIpc) is 1.96. The average molecular weight is 168 g/mol. The Morgan fingerprint density at radius 3 is 2.00 bits per heavy atom. The second-order valence-electron chi connectivity index (χ2n) is 4.76. The molecule has 0 heterocycles. The first-order chi connectivity index (χ1) is 5.57. The summed E-state index contributed by atoms with van der Waals surface area (Å²) in [5, 5.41) is 0. The third kappa shape index (κ3) is 5.68. The highest BCUT2D eigenvalue weighted by Gasteiger charge is 2.12. The van der Waals surface area contributed by atoms with Crippen molar-refractivity contribution in [3.05, 3.63) is 0 Å². The van der Waals surface area contributed by atoms with Crippen LogP contribution in [0.5, 0.6) is 0 Å². The molecular formula is C11H25B. The second kappa shape index (κ2) is 6.57. The van der Waals surface area contributed by atoms with E-state index in [1.807, 2.05) is 0 Å². The molecule has 0 amide bonds. The van der Waals surface area contributed by atoms with Crippen molar-refractivity contribution in [3.63, 3.8) is 0 Å². The normalized spacial score (nSPS) is 13.5. The SMILES string of the molecule is CCCC(CCB(C)C)C(C)C. The molecule has 0 spiro atoms. The third-order valence-electron chi connectivity index (χ3n) is 2.72. The zero-order valence-corrected chi connectivity index (χ0v) is 9.56. The zero-order valence-electron chi connectivity index (χ0n) is 9.56. The van der Waals surface area contributed by atoms with E-state index in [9.17, 15) is 0 Å². The quantitative estimate of drug-likeness (QED) is 0.521. The third-order valence-corrected chi connectivity index (χ3v) is 2.72. The summed E-state index contributed by atoms with van der Waals surface area (Å²) in [6.45, 7) is 12.5. The van der Waals surface area contributed by atoms with Crippen molar-refractivity contribution in [2.24, 2.45) is 11.8 Å². The van der Waals surface area contributed by atoms with E-state index < -0.39 is 0 Å². The van der Waals surface area contributed by atoms with Crippen molar-refractivity contribution in [2.45, 2.75) is 60.0 Å². The Morgan fingerprint density at radius 2 is 1.67 bits per heavy atom. The topological polar surface area (TPSA) is 0 Å². The van der Waals surface area contributed by atoms with Gasteiger partial charge < -0.3 is 0 Å². The van der Waals surface area contributed by atoms with E-state index >= 15 is 0 Å². The summed E-state index contributed by atoms with van der Waals surface area (Å²) in [4.78, 5) is 0. The first-order valence-corrected chi connectivity index (χ1v) is 5.57. The van der Waals surface area contributed by atoms with Crippen molar-refractivity contribution in [2.75, 3.05) is 0 Å². The molecule has 0 fully saturated rings. The van der Waals surface area contributed by atoms with Gasteiger partial charge in [-0.3, -0.25) is 0 Å². The summed E-state index contributed by atoms with van der Waals surface area (Å²) in [5.74, 6) is 1.85. The molecule has 1 unspecified atom stereocenters.